The first kappa shape index (κ1) is 19.7. The Bertz CT molecular complexity index is 1030. The van der Waals surface area contributed by atoms with E-state index in [1.165, 1.54) is 0 Å². The summed E-state index contributed by atoms with van der Waals surface area (Å²) in [4.78, 5) is 25.8. The number of ether oxygens (including phenoxy) is 3. The van der Waals surface area contributed by atoms with E-state index < -0.39 is 11.8 Å². The molecule has 1 aliphatic heterocycles. The van der Waals surface area contributed by atoms with Gasteiger partial charge in [-0.3, -0.25) is 9.59 Å². The lowest BCUT2D eigenvalue weighted by Crippen LogP contribution is -2.46. The van der Waals surface area contributed by atoms with Crippen LogP contribution in [0.3, 0.4) is 0 Å². The minimum atomic E-state index is -0.430. The Hall–Kier alpha value is -3.64. The molecule has 1 fully saturated rings. The molecule has 0 aliphatic carbocycles. The van der Waals surface area contributed by atoms with Gasteiger partial charge in [0.2, 0.25) is 0 Å². The molecule has 0 radical (unpaired) electrons. The molecular formula is C24H21NO5. The fraction of sp³-hybridized carbons (Fsp3) is 0.167. The average Bonchev–Trinajstić information content (AvgIpc) is 2.68. The van der Waals surface area contributed by atoms with E-state index in [4.69, 9.17) is 14.2 Å². The molecule has 4 rings (SSSR count). The molecule has 0 N–H and O–H groups in total. The number of imide groups is 1. The van der Waals surface area contributed by atoms with Crippen molar-refractivity contribution in [3.05, 3.63) is 77.9 Å². The Labute approximate surface area is 174 Å². The predicted octanol–water partition coefficient (Wildman–Crippen LogP) is 4.78. The molecule has 6 nitrogen and oxygen atoms in total. The normalized spacial score (nSPS) is 14.0. The molecular weight excluding hydrogens is 382 g/mol. The third-order valence-electron chi connectivity index (χ3n) is 4.52. The maximum Gasteiger partial charge on any atom is 0.259 e. The zero-order valence-electron chi connectivity index (χ0n) is 16.8. The second kappa shape index (κ2) is 8.39. The highest BCUT2D eigenvalue weighted by Crippen LogP contribution is 2.35. The van der Waals surface area contributed by atoms with Crippen LogP contribution in [0.25, 0.3) is 0 Å². The summed E-state index contributed by atoms with van der Waals surface area (Å²) in [6.45, 7) is 3.65. The summed E-state index contributed by atoms with van der Waals surface area (Å²) >= 11 is 0. The Kier molecular flexibility index (Phi) is 5.50. The number of rotatable bonds is 5. The number of hydrogen-bond donors (Lipinski definition) is 0. The fourth-order valence-corrected chi connectivity index (χ4v) is 3.22. The molecule has 0 bridgehead atoms. The van der Waals surface area contributed by atoms with Crippen LogP contribution in [0.4, 0.5) is 5.69 Å². The van der Waals surface area contributed by atoms with Crippen LogP contribution < -0.4 is 14.4 Å². The number of morpholine rings is 1. The molecule has 0 unspecified atom stereocenters. The zero-order chi connectivity index (χ0) is 21.1. The van der Waals surface area contributed by atoms with Gasteiger partial charge in [0.25, 0.3) is 11.8 Å². The van der Waals surface area contributed by atoms with Crippen LogP contribution in [0.2, 0.25) is 0 Å². The van der Waals surface area contributed by atoms with Gasteiger partial charge >= 0.3 is 0 Å². The van der Waals surface area contributed by atoms with E-state index in [1.807, 2.05) is 62.4 Å². The van der Waals surface area contributed by atoms with Crippen LogP contribution in [-0.2, 0) is 14.3 Å². The number of nitrogens with zero attached hydrogens (tertiary/aromatic N) is 1. The number of benzene rings is 3. The van der Waals surface area contributed by atoms with Crippen LogP contribution in [0.5, 0.6) is 23.0 Å². The minimum Gasteiger partial charge on any atom is -0.457 e. The van der Waals surface area contributed by atoms with Crippen molar-refractivity contribution in [3.63, 3.8) is 0 Å². The summed E-state index contributed by atoms with van der Waals surface area (Å²) < 4.78 is 17.0. The monoisotopic (exact) mass is 403 g/mol. The summed E-state index contributed by atoms with van der Waals surface area (Å²) in [5.74, 6) is 1.34. The maximum atomic E-state index is 12.3. The van der Waals surface area contributed by atoms with Crippen molar-refractivity contribution in [1.29, 1.82) is 0 Å². The fourth-order valence-electron chi connectivity index (χ4n) is 3.22. The summed E-state index contributed by atoms with van der Waals surface area (Å²) in [6, 6.07) is 20.2. The highest BCUT2D eigenvalue weighted by atomic mass is 16.5. The Morgan fingerprint density at radius 2 is 1.20 bits per heavy atom. The molecule has 152 valence electrons. The lowest BCUT2D eigenvalue weighted by molar-refractivity contribution is -0.138. The van der Waals surface area contributed by atoms with Crippen LogP contribution >= 0.6 is 0 Å². The molecule has 6 heteroatoms. The van der Waals surface area contributed by atoms with E-state index in [2.05, 4.69) is 0 Å². The van der Waals surface area contributed by atoms with Crippen molar-refractivity contribution in [3.8, 4) is 23.0 Å². The maximum absolute atomic E-state index is 12.3. The molecule has 1 saturated heterocycles. The van der Waals surface area contributed by atoms with Crippen molar-refractivity contribution in [2.75, 3.05) is 18.1 Å². The van der Waals surface area contributed by atoms with Crippen LogP contribution in [0.15, 0.2) is 66.7 Å². The summed E-state index contributed by atoms with van der Waals surface area (Å²) in [7, 11) is 0. The van der Waals surface area contributed by atoms with Gasteiger partial charge in [0.15, 0.2) is 0 Å². The number of anilines is 1. The van der Waals surface area contributed by atoms with Crippen LogP contribution in [0, 0.1) is 13.8 Å². The largest absolute Gasteiger partial charge is 0.457 e. The molecule has 1 aliphatic rings. The van der Waals surface area contributed by atoms with Crippen LogP contribution in [0.1, 0.15) is 11.1 Å². The Morgan fingerprint density at radius 3 is 1.67 bits per heavy atom. The first-order valence-corrected chi connectivity index (χ1v) is 9.55. The number of hydrogen-bond acceptors (Lipinski definition) is 5. The topological polar surface area (TPSA) is 65.1 Å². The summed E-state index contributed by atoms with van der Waals surface area (Å²) in [5, 5.41) is 0. The third kappa shape index (κ3) is 4.50. The quantitative estimate of drug-likeness (QED) is 0.574. The molecule has 30 heavy (non-hydrogen) atoms. The number of amides is 2. The van der Waals surface area contributed by atoms with E-state index >= 15 is 0 Å². The van der Waals surface area contributed by atoms with Gasteiger partial charge in [-0.2, -0.15) is 0 Å². The van der Waals surface area contributed by atoms with Gasteiger partial charge in [0, 0.05) is 18.2 Å². The summed E-state index contributed by atoms with van der Waals surface area (Å²) in [5.41, 5.74) is 2.48. The minimum absolute atomic E-state index is 0.150. The second-order valence-electron chi connectivity index (χ2n) is 7.12. The standard InChI is InChI=1S/C24H21NO5/c1-16-5-3-7-19(9-16)29-21-11-18(25-23(26)14-28-15-24(25)27)12-22(13-21)30-20-8-4-6-17(2)10-20/h3-13H,14-15H2,1-2H3. The number of aryl methyl sites for hydroxylation is 2. The van der Waals surface area contributed by atoms with Crippen molar-refractivity contribution >= 4 is 17.5 Å². The van der Waals surface area contributed by atoms with E-state index in [-0.39, 0.29) is 13.2 Å². The molecule has 0 atom stereocenters. The lowest BCUT2D eigenvalue weighted by Gasteiger charge is -2.25. The van der Waals surface area contributed by atoms with E-state index in [9.17, 15) is 9.59 Å². The van der Waals surface area contributed by atoms with Crippen molar-refractivity contribution in [2.24, 2.45) is 0 Å². The first-order valence-electron chi connectivity index (χ1n) is 9.55. The number of carbonyl (C=O) groups is 2. The first-order chi connectivity index (χ1) is 14.5. The molecule has 3 aromatic carbocycles. The molecule has 0 saturated carbocycles. The Balaban J connectivity index is 1.73. The summed E-state index contributed by atoms with van der Waals surface area (Å²) in [6.07, 6.45) is 0. The van der Waals surface area contributed by atoms with Gasteiger partial charge in [0.05, 0.1) is 5.69 Å². The van der Waals surface area contributed by atoms with E-state index in [0.29, 0.717) is 28.7 Å². The predicted molar refractivity (Wildman–Crippen MR) is 112 cm³/mol. The smallest absolute Gasteiger partial charge is 0.259 e. The molecule has 3 aromatic rings. The highest BCUT2D eigenvalue weighted by Gasteiger charge is 2.29. The van der Waals surface area contributed by atoms with Gasteiger partial charge in [-0.15, -0.1) is 0 Å². The molecule has 2 amide bonds. The van der Waals surface area contributed by atoms with Crippen molar-refractivity contribution in [1.82, 2.24) is 0 Å². The number of carbonyl (C=O) groups excluding carboxylic acids is 2. The van der Waals surface area contributed by atoms with Crippen molar-refractivity contribution < 1.29 is 23.8 Å². The van der Waals surface area contributed by atoms with Gasteiger partial charge < -0.3 is 14.2 Å². The lowest BCUT2D eigenvalue weighted by atomic mass is 10.2. The third-order valence-corrected chi connectivity index (χ3v) is 4.52. The average molecular weight is 403 g/mol. The van der Waals surface area contributed by atoms with Crippen molar-refractivity contribution in [2.45, 2.75) is 13.8 Å². The highest BCUT2D eigenvalue weighted by molar-refractivity contribution is 6.17. The SMILES string of the molecule is Cc1cccc(Oc2cc(Oc3cccc(C)c3)cc(N3C(=O)COCC3=O)c2)c1. The van der Waals surface area contributed by atoms with E-state index in [0.717, 1.165) is 16.0 Å². The second-order valence-corrected chi connectivity index (χ2v) is 7.12. The molecule has 0 spiro atoms. The molecule has 1 heterocycles. The van der Waals surface area contributed by atoms with E-state index in [1.54, 1.807) is 18.2 Å². The Morgan fingerprint density at radius 1 is 0.700 bits per heavy atom. The molecule has 0 aromatic heterocycles. The van der Waals surface area contributed by atoms with Gasteiger partial charge in [-0.05, 0) is 49.2 Å². The van der Waals surface area contributed by atoms with Crippen LogP contribution in [-0.4, -0.2) is 25.0 Å². The van der Waals surface area contributed by atoms with Gasteiger partial charge in [-0.1, -0.05) is 24.3 Å². The van der Waals surface area contributed by atoms with Gasteiger partial charge in [0.1, 0.15) is 36.2 Å². The zero-order valence-corrected chi connectivity index (χ0v) is 16.8. The van der Waals surface area contributed by atoms with Gasteiger partial charge in [-0.25, -0.2) is 4.90 Å².